The molecule has 29 heavy (non-hydrogen) atoms. The van der Waals surface area contributed by atoms with Crippen LogP contribution in [-0.2, 0) is 4.79 Å². The molecule has 0 fully saturated rings. The van der Waals surface area contributed by atoms with E-state index in [9.17, 15) is 9.59 Å². The van der Waals surface area contributed by atoms with Crippen LogP contribution < -0.4 is 10.6 Å². The topological polar surface area (TPSA) is 58.2 Å². The molecule has 0 radical (unpaired) electrons. The Morgan fingerprint density at radius 1 is 0.793 bits per heavy atom. The second-order valence-electron chi connectivity index (χ2n) is 8.19. The van der Waals surface area contributed by atoms with Gasteiger partial charge in [0.2, 0.25) is 5.91 Å². The third-order valence-corrected chi connectivity index (χ3v) is 5.43. The maximum absolute atomic E-state index is 12.1. The molecule has 0 saturated heterocycles. The number of anilines is 1. The zero-order valence-electron chi connectivity index (χ0n) is 18.9. The van der Waals surface area contributed by atoms with Gasteiger partial charge < -0.3 is 10.6 Å². The van der Waals surface area contributed by atoms with Crippen molar-refractivity contribution in [2.24, 2.45) is 0 Å². The second kappa shape index (κ2) is 16.0. The van der Waals surface area contributed by atoms with Crippen molar-refractivity contribution < 1.29 is 9.59 Å². The molecule has 0 aliphatic rings. The smallest absolute Gasteiger partial charge is 0.251 e. The Balaban J connectivity index is 2.10. The first-order chi connectivity index (χ1) is 14.1. The predicted molar refractivity (Wildman–Crippen MR) is 123 cm³/mol. The maximum Gasteiger partial charge on any atom is 0.251 e. The van der Waals surface area contributed by atoms with Crippen LogP contribution >= 0.6 is 0 Å². The van der Waals surface area contributed by atoms with Gasteiger partial charge in [0.25, 0.3) is 5.91 Å². The van der Waals surface area contributed by atoms with E-state index in [4.69, 9.17) is 0 Å². The summed E-state index contributed by atoms with van der Waals surface area (Å²) in [5.74, 6) is -0.0177. The van der Waals surface area contributed by atoms with Crippen molar-refractivity contribution in [2.75, 3.05) is 5.32 Å². The predicted octanol–water partition coefficient (Wildman–Crippen LogP) is 6.85. The first-order valence-electron chi connectivity index (χ1n) is 11.8. The molecule has 1 unspecified atom stereocenters. The molecule has 1 aromatic carbocycles. The summed E-state index contributed by atoms with van der Waals surface area (Å²) in [5.41, 5.74) is 1.37. The van der Waals surface area contributed by atoms with Crippen molar-refractivity contribution in [3.05, 3.63) is 29.8 Å². The quantitative estimate of drug-likeness (QED) is 0.297. The number of benzene rings is 1. The highest BCUT2D eigenvalue weighted by Gasteiger charge is 2.09. The van der Waals surface area contributed by atoms with Gasteiger partial charge in [-0.3, -0.25) is 9.59 Å². The molecular weight excluding hydrogens is 360 g/mol. The molecule has 1 rings (SSSR count). The van der Waals surface area contributed by atoms with Crippen molar-refractivity contribution in [2.45, 2.75) is 110 Å². The summed E-state index contributed by atoms with van der Waals surface area (Å²) in [6.07, 6.45) is 15.6. The van der Waals surface area contributed by atoms with Gasteiger partial charge in [0, 0.05) is 23.7 Å². The van der Waals surface area contributed by atoms with Gasteiger partial charge in [-0.15, -0.1) is 0 Å². The molecule has 4 nitrogen and oxygen atoms in total. The van der Waals surface area contributed by atoms with Gasteiger partial charge in [-0.05, 0) is 44.0 Å². The summed E-state index contributed by atoms with van der Waals surface area (Å²) in [4.78, 5) is 24.2. The normalized spacial score (nSPS) is 11.8. The average Bonchev–Trinajstić information content (AvgIpc) is 2.72. The third kappa shape index (κ3) is 12.4. The summed E-state index contributed by atoms with van der Waals surface area (Å²) in [7, 11) is 0. The first-order valence-corrected chi connectivity index (χ1v) is 11.8. The lowest BCUT2D eigenvalue weighted by atomic mass is 10.1. The fourth-order valence-corrected chi connectivity index (χ4v) is 3.29. The fourth-order valence-electron chi connectivity index (χ4n) is 3.29. The highest BCUT2D eigenvalue weighted by atomic mass is 16.2. The number of carbonyl (C=O) groups is 2. The monoisotopic (exact) mass is 402 g/mol. The van der Waals surface area contributed by atoms with E-state index >= 15 is 0 Å². The Morgan fingerprint density at radius 3 is 1.83 bits per heavy atom. The van der Waals surface area contributed by atoms with E-state index in [0.29, 0.717) is 12.0 Å². The van der Waals surface area contributed by atoms with Crippen LogP contribution in [0.2, 0.25) is 0 Å². The fraction of sp³-hybridized carbons (Fsp3) is 0.680. The molecule has 0 spiro atoms. The molecule has 164 valence electrons. The number of hydrogen-bond acceptors (Lipinski definition) is 2. The van der Waals surface area contributed by atoms with Gasteiger partial charge in [0.1, 0.15) is 0 Å². The zero-order valence-corrected chi connectivity index (χ0v) is 18.9. The lowest BCUT2D eigenvalue weighted by Gasteiger charge is -2.11. The van der Waals surface area contributed by atoms with Gasteiger partial charge in [-0.1, -0.05) is 78.1 Å². The highest BCUT2D eigenvalue weighted by molar-refractivity contribution is 5.95. The molecular formula is C25H42N2O2. The molecule has 0 bridgehead atoms. The van der Waals surface area contributed by atoms with Gasteiger partial charge in [0.05, 0.1) is 0 Å². The van der Waals surface area contributed by atoms with E-state index in [2.05, 4.69) is 17.6 Å². The number of nitrogens with one attached hydrogen (secondary N) is 2. The number of hydrogen-bond donors (Lipinski definition) is 2. The summed E-state index contributed by atoms with van der Waals surface area (Å²) in [6.45, 7) is 6.28. The van der Waals surface area contributed by atoms with E-state index in [1.165, 1.54) is 57.8 Å². The average molecular weight is 403 g/mol. The van der Waals surface area contributed by atoms with Gasteiger partial charge in [-0.2, -0.15) is 0 Å². The van der Waals surface area contributed by atoms with E-state index < -0.39 is 0 Å². The molecule has 0 aliphatic heterocycles. The molecule has 0 aromatic heterocycles. The lowest BCUT2D eigenvalue weighted by Crippen LogP contribution is -2.31. The van der Waals surface area contributed by atoms with Crippen LogP contribution in [0.4, 0.5) is 5.69 Å². The molecule has 4 heteroatoms. The van der Waals surface area contributed by atoms with Gasteiger partial charge in [0.15, 0.2) is 0 Å². The van der Waals surface area contributed by atoms with Crippen LogP contribution in [0.5, 0.6) is 0 Å². The van der Waals surface area contributed by atoms with E-state index in [1.807, 2.05) is 13.8 Å². The zero-order chi connectivity index (χ0) is 21.3. The molecule has 0 heterocycles. The molecule has 0 aliphatic carbocycles. The van der Waals surface area contributed by atoms with Crippen LogP contribution in [0.25, 0.3) is 0 Å². The molecule has 1 aromatic rings. The molecule has 1 atom stereocenters. The van der Waals surface area contributed by atoms with Crippen molar-refractivity contribution in [3.63, 3.8) is 0 Å². The van der Waals surface area contributed by atoms with E-state index in [0.717, 1.165) is 24.9 Å². The number of carbonyl (C=O) groups excluding carboxylic acids is 2. The minimum absolute atomic E-state index is 0.0535. The van der Waals surface area contributed by atoms with Crippen LogP contribution in [0.1, 0.15) is 115 Å². The number of rotatable bonds is 16. The van der Waals surface area contributed by atoms with Crippen LogP contribution in [0, 0.1) is 0 Å². The second-order valence-corrected chi connectivity index (χ2v) is 8.19. The standard InChI is InChI=1S/C25H42N2O2/c1-4-6-7-8-9-10-11-12-13-14-15-16-24(28)27-23-19-17-22(18-20-23)25(29)26-21(3)5-2/h17-21H,4-16H2,1-3H3,(H,26,29)(H,27,28). The number of amides is 2. The Labute approximate surface area is 178 Å². The van der Waals surface area contributed by atoms with Gasteiger partial charge >= 0.3 is 0 Å². The summed E-state index contributed by atoms with van der Waals surface area (Å²) < 4.78 is 0. The largest absolute Gasteiger partial charge is 0.350 e. The summed E-state index contributed by atoms with van der Waals surface area (Å²) in [6, 6.07) is 7.27. The Hall–Kier alpha value is -1.84. The van der Waals surface area contributed by atoms with Gasteiger partial charge in [-0.25, -0.2) is 0 Å². The van der Waals surface area contributed by atoms with Crippen molar-refractivity contribution in [1.82, 2.24) is 5.32 Å². The van der Waals surface area contributed by atoms with Crippen LogP contribution in [-0.4, -0.2) is 17.9 Å². The van der Waals surface area contributed by atoms with Crippen LogP contribution in [0.15, 0.2) is 24.3 Å². The molecule has 2 N–H and O–H groups in total. The minimum Gasteiger partial charge on any atom is -0.350 e. The summed E-state index contributed by atoms with van der Waals surface area (Å²) in [5, 5.41) is 5.87. The molecule has 2 amide bonds. The minimum atomic E-state index is -0.0711. The lowest BCUT2D eigenvalue weighted by molar-refractivity contribution is -0.116. The number of unbranched alkanes of at least 4 members (excludes halogenated alkanes) is 10. The summed E-state index contributed by atoms with van der Waals surface area (Å²) >= 11 is 0. The van der Waals surface area contributed by atoms with Crippen molar-refractivity contribution >= 4 is 17.5 Å². The first kappa shape index (κ1) is 25.2. The Morgan fingerprint density at radius 2 is 1.31 bits per heavy atom. The van der Waals surface area contributed by atoms with Crippen molar-refractivity contribution in [3.8, 4) is 0 Å². The van der Waals surface area contributed by atoms with E-state index in [-0.39, 0.29) is 17.9 Å². The SMILES string of the molecule is CCCCCCCCCCCCCC(=O)Nc1ccc(C(=O)NC(C)CC)cc1. The third-order valence-electron chi connectivity index (χ3n) is 5.43. The Kier molecular flexibility index (Phi) is 13.9. The maximum atomic E-state index is 12.1. The highest BCUT2D eigenvalue weighted by Crippen LogP contribution is 2.14. The van der Waals surface area contributed by atoms with E-state index in [1.54, 1.807) is 24.3 Å². The van der Waals surface area contributed by atoms with Crippen molar-refractivity contribution in [1.29, 1.82) is 0 Å². The molecule has 0 saturated carbocycles. The van der Waals surface area contributed by atoms with Crippen LogP contribution in [0.3, 0.4) is 0 Å². The Bertz CT molecular complexity index is 569.